The van der Waals surface area contributed by atoms with Gasteiger partial charge in [0.1, 0.15) is 12.7 Å². The Morgan fingerprint density at radius 2 is 1.52 bits per heavy atom. The van der Waals surface area contributed by atoms with Crippen LogP contribution < -0.4 is 5.32 Å². The first-order valence-electron chi connectivity index (χ1n) is 5.75. The Hall–Kier alpha value is -1.77. The molecule has 1 atom stereocenters. The van der Waals surface area contributed by atoms with E-state index in [1.807, 2.05) is 0 Å². The van der Waals surface area contributed by atoms with Crippen LogP contribution in [0.25, 0.3) is 0 Å². The summed E-state index contributed by atoms with van der Waals surface area (Å²) in [5.74, 6) is -0.478. The summed E-state index contributed by atoms with van der Waals surface area (Å²) >= 11 is 0. The molecule has 1 saturated heterocycles. The first kappa shape index (κ1) is 15.6. The van der Waals surface area contributed by atoms with Crippen molar-refractivity contribution in [2.75, 3.05) is 13.2 Å². The van der Waals surface area contributed by atoms with Crippen molar-refractivity contribution >= 4 is 5.91 Å². The van der Waals surface area contributed by atoms with Crippen molar-refractivity contribution in [1.82, 2.24) is 5.32 Å². The summed E-state index contributed by atoms with van der Waals surface area (Å²) in [5, 5.41) is 2.32. The van der Waals surface area contributed by atoms with E-state index in [9.17, 15) is 31.1 Å². The van der Waals surface area contributed by atoms with E-state index in [1.165, 1.54) is 0 Å². The standard InChI is InChI=1S/C12H9F6NO2/c13-11(14,15)7-1-6(2-8(3-7)12(16,17)18)9-4-19-10(20)5-21-9/h1-3,9H,4-5H2,(H,19,20)/t9-/m1/s1. The van der Waals surface area contributed by atoms with E-state index in [2.05, 4.69) is 5.32 Å². The Bertz CT molecular complexity index is 509. The van der Waals surface area contributed by atoms with Crippen LogP contribution in [0.4, 0.5) is 26.3 Å². The maximum atomic E-state index is 12.7. The van der Waals surface area contributed by atoms with E-state index in [-0.39, 0.29) is 18.2 Å². The second kappa shape index (κ2) is 5.21. The van der Waals surface area contributed by atoms with Crippen LogP contribution in [0.15, 0.2) is 18.2 Å². The summed E-state index contributed by atoms with van der Waals surface area (Å²) in [6.45, 7) is -0.598. The van der Waals surface area contributed by atoms with E-state index in [1.54, 1.807) is 0 Å². The second-order valence-corrected chi connectivity index (χ2v) is 4.44. The highest BCUT2D eigenvalue weighted by Crippen LogP contribution is 2.38. The fourth-order valence-corrected chi connectivity index (χ4v) is 1.87. The number of carbonyl (C=O) groups excluding carboxylic acids is 1. The zero-order valence-electron chi connectivity index (χ0n) is 10.3. The highest BCUT2D eigenvalue weighted by molar-refractivity contribution is 5.77. The molecular weight excluding hydrogens is 304 g/mol. The minimum absolute atomic E-state index is 0.0465. The first-order valence-corrected chi connectivity index (χ1v) is 5.75. The number of amides is 1. The number of ether oxygens (including phenoxy) is 1. The SMILES string of the molecule is O=C1CO[C@@H](c2cc(C(F)(F)F)cc(C(F)(F)F)c2)CN1. The average molecular weight is 313 g/mol. The topological polar surface area (TPSA) is 38.3 Å². The highest BCUT2D eigenvalue weighted by atomic mass is 19.4. The molecule has 1 fully saturated rings. The molecule has 1 aromatic rings. The lowest BCUT2D eigenvalue weighted by Crippen LogP contribution is -2.38. The summed E-state index contributed by atoms with van der Waals surface area (Å²) in [6.07, 6.45) is -10.9. The molecule has 1 aliphatic heterocycles. The summed E-state index contributed by atoms with van der Waals surface area (Å²) in [4.78, 5) is 10.9. The first-order chi connectivity index (χ1) is 9.57. The molecule has 0 unspecified atom stereocenters. The number of benzene rings is 1. The summed E-state index contributed by atoms with van der Waals surface area (Å²) in [5.41, 5.74) is -3.10. The largest absolute Gasteiger partial charge is 0.416 e. The zero-order valence-corrected chi connectivity index (χ0v) is 10.3. The smallest absolute Gasteiger partial charge is 0.362 e. The molecule has 0 aromatic heterocycles. The van der Waals surface area contributed by atoms with Gasteiger partial charge in [-0.15, -0.1) is 0 Å². The maximum Gasteiger partial charge on any atom is 0.416 e. The second-order valence-electron chi connectivity index (χ2n) is 4.44. The van der Waals surface area contributed by atoms with E-state index in [0.29, 0.717) is 12.1 Å². The molecule has 1 N–H and O–H groups in total. The number of hydrogen-bond acceptors (Lipinski definition) is 2. The monoisotopic (exact) mass is 313 g/mol. The number of nitrogens with one attached hydrogen (secondary N) is 1. The third-order valence-electron chi connectivity index (χ3n) is 2.88. The van der Waals surface area contributed by atoms with Crippen molar-refractivity contribution in [2.24, 2.45) is 0 Å². The van der Waals surface area contributed by atoms with Gasteiger partial charge in [0, 0.05) is 6.54 Å². The van der Waals surface area contributed by atoms with Crippen LogP contribution >= 0.6 is 0 Å². The van der Waals surface area contributed by atoms with Gasteiger partial charge in [0.2, 0.25) is 5.91 Å². The Kier molecular flexibility index (Phi) is 3.87. The van der Waals surface area contributed by atoms with Gasteiger partial charge in [-0.1, -0.05) is 0 Å². The van der Waals surface area contributed by atoms with Crippen molar-refractivity contribution in [1.29, 1.82) is 0 Å². The van der Waals surface area contributed by atoms with Gasteiger partial charge in [0.15, 0.2) is 0 Å². The molecule has 116 valence electrons. The highest BCUT2D eigenvalue weighted by Gasteiger charge is 2.38. The molecule has 0 radical (unpaired) electrons. The maximum absolute atomic E-state index is 12.7. The van der Waals surface area contributed by atoms with Gasteiger partial charge in [0.25, 0.3) is 0 Å². The molecule has 0 saturated carbocycles. The molecule has 3 nitrogen and oxygen atoms in total. The van der Waals surface area contributed by atoms with Crippen LogP contribution in [0.2, 0.25) is 0 Å². The molecule has 0 bridgehead atoms. The van der Waals surface area contributed by atoms with Crippen LogP contribution in [0.3, 0.4) is 0 Å². The molecule has 1 aliphatic rings. The van der Waals surface area contributed by atoms with Crippen LogP contribution in [-0.2, 0) is 21.9 Å². The van der Waals surface area contributed by atoms with Crippen molar-refractivity contribution in [3.8, 4) is 0 Å². The number of alkyl halides is 6. The van der Waals surface area contributed by atoms with Crippen LogP contribution in [0.5, 0.6) is 0 Å². The quantitative estimate of drug-likeness (QED) is 0.810. The van der Waals surface area contributed by atoms with E-state index in [0.717, 1.165) is 0 Å². The molecule has 21 heavy (non-hydrogen) atoms. The van der Waals surface area contributed by atoms with Gasteiger partial charge in [-0.3, -0.25) is 4.79 Å². The molecule has 0 spiro atoms. The van der Waals surface area contributed by atoms with Gasteiger partial charge in [-0.2, -0.15) is 26.3 Å². The molecule has 2 rings (SSSR count). The third-order valence-corrected chi connectivity index (χ3v) is 2.88. The van der Waals surface area contributed by atoms with E-state index in [4.69, 9.17) is 4.74 Å². The number of rotatable bonds is 1. The fraction of sp³-hybridized carbons (Fsp3) is 0.417. The predicted octanol–water partition coefficient (Wildman–Crippen LogP) is 2.91. The van der Waals surface area contributed by atoms with Gasteiger partial charge >= 0.3 is 12.4 Å². The Morgan fingerprint density at radius 1 is 1.00 bits per heavy atom. The lowest BCUT2D eigenvalue weighted by atomic mass is 10.0. The molecule has 1 heterocycles. The van der Waals surface area contributed by atoms with Crippen LogP contribution in [0, 0.1) is 0 Å². The predicted molar refractivity (Wildman–Crippen MR) is 58.1 cm³/mol. The Labute approximate surface area is 114 Å². The summed E-state index contributed by atoms with van der Waals surface area (Å²) < 4.78 is 81.1. The van der Waals surface area contributed by atoms with E-state index >= 15 is 0 Å². The zero-order chi connectivity index (χ0) is 15.8. The molecular formula is C12H9F6NO2. The third kappa shape index (κ3) is 3.66. The van der Waals surface area contributed by atoms with Crippen molar-refractivity contribution in [3.05, 3.63) is 34.9 Å². The Balaban J connectivity index is 2.43. The van der Waals surface area contributed by atoms with Crippen molar-refractivity contribution < 1.29 is 35.9 Å². The van der Waals surface area contributed by atoms with Gasteiger partial charge in [-0.05, 0) is 23.8 Å². The van der Waals surface area contributed by atoms with Gasteiger partial charge < -0.3 is 10.1 Å². The fourth-order valence-electron chi connectivity index (χ4n) is 1.87. The average Bonchev–Trinajstić information content (AvgIpc) is 2.37. The number of morpholine rings is 1. The number of carbonyl (C=O) groups is 1. The van der Waals surface area contributed by atoms with Gasteiger partial charge in [-0.25, -0.2) is 0 Å². The number of halogens is 6. The van der Waals surface area contributed by atoms with Gasteiger partial charge in [0.05, 0.1) is 11.1 Å². The van der Waals surface area contributed by atoms with Crippen LogP contribution in [0.1, 0.15) is 22.8 Å². The molecule has 9 heteroatoms. The molecule has 1 amide bonds. The summed E-state index contributed by atoms with van der Waals surface area (Å²) in [6, 6.07) is 1.24. The normalized spacial score (nSPS) is 20.3. The van der Waals surface area contributed by atoms with Crippen molar-refractivity contribution in [2.45, 2.75) is 18.5 Å². The lowest BCUT2D eigenvalue weighted by Gasteiger charge is -2.25. The molecule has 0 aliphatic carbocycles. The number of hydrogen-bond donors (Lipinski definition) is 1. The summed E-state index contributed by atoms with van der Waals surface area (Å²) in [7, 11) is 0. The molecule has 1 aromatic carbocycles. The Morgan fingerprint density at radius 3 is 1.90 bits per heavy atom. The van der Waals surface area contributed by atoms with E-state index < -0.39 is 42.1 Å². The lowest BCUT2D eigenvalue weighted by molar-refractivity contribution is -0.144. The minimum Gasteiger partial charge on any atom is -0.362 e. The minimum atomic E-state index is -4.91. The van der Waals surface area contributed by atoms with Crippen molar-refractivity contribution in [3.63, 3.8) is 0 Å². The van der Waals surface area contributed by atoms with Crippen LogP contribution in [-0.4, -0.2) is 19.1 Å².